The first-order valence-electron chi connectivity index (χ1n) is 6.96. The van der Waals surface area contributed by atoms with Gasteiger partial charge in [0.2, 0.25) is 0 Å². The molecule has 0 bridgehead atoms. The molecule has 0 saturated carbocycles. The number of hydrogen-bond acceptors (Lipinski definition) is 2. The van der Waals surface area contributed by atoms with Crippen LogP contribution in [0.3, 0.4) is 0 Å². The zero-order valence-corrected chi connectivity index (χ0v) is 12.8. The highest BCUT2D eigenvalue weighted by molar-refractivity contribution is 5.96. The number of carbonyl (C=O) groups excluding carboxylic acids is 1. The first kappa shape index (κ1) is 15.5. The van der Waals surface area contributed by atoms with Crippen molar-refractivity contribution < 1.29 is 4.79 Å². The molecule has 3 heteroatoms. The number of benzene rings is 1. The number of hydrogen-bond donors (Lipinski definition) is 2. The summed E-state index contributed by atoms with van der Waals surface area (Å²) in [7, 11) is 0. The Morgan fingerprint density at radius 2 is 1.95 bits per heavy atom. The lowest BCUT2D eigenvalue weighted by Gasteiger charge is -2.18. The van der Waals surface area contributed by atoms with Crippen LogP contribution in [0, 0.1) is 12.3 Å². The molecule has 1 aromatic carbocycles. The second kappa shape index (κ2) is 6.60. The Bertz CT molecular complexity index is 433. The van der Waals surface area contributed by atoms with E-state index in [1.54, 1.807) is 0 Å². The average molecular weight is 262 g/mol. The maximum atomic E-state index is 12.1. The van der Waals surface area contributed by atoms with Crippen molar-refractivity contribution in [3.63, 3.8) is 0 Å². The summed E-state index contributed by atoms with van der Waals surface area (Å²) < 4.78 is 0. The Morgan fingerprint density at radius 1 is 1.26 bits per heavy atom. The first-order chi connectivity index (χ1) is 8.83. The van der Waals surface area contributed by atoms with Gasteiger partial charge in [0.1, 0.15) is 0 Å². The Labute approximate surface area is 116 Å². The van der Waals surface area contributed by atoms with Crippen LogP contribution in [0.4, 0.5) is 5.69 Å². The molecule has 0 aliphatic heterocycles. The minimum absolute atomic E-state index is 0.0183. The van der Waals surface area contributed by atoms with Crippen LogP contribution >= 0.6 is 0 Å². The highest BCUT2D eigenvalue weighted by Crippen LogP contribution is 2.18. The molecule has 3 nitrogen and oxygen atoms in total. The van der Waals surface area contributed by atoms with Gasteiger partial charge in [-0.05, 0) is 49.4 Å². The van der Waals surface area contributed by atoms with E-state index in [9.17, 15) is 4.79 Å². The molecule has 1 aromatic rings. The van der Waals surface area contributed by atoms with Gasteiger partial charge in [-0.15, -0.1) is 0 Å². The van der Waals surface area contributed by atoms with E-state index >= 15 is 0 Å². The Hall–Kier alpha value is -1.51. The molecule has 0 fully saturated rings. The van der Waals surface area contributed by atoms with Crippen molar-refractivity contribution in [2.45, 2.75) is 41.0 Å². The van der Waals surface area contributed by atoms with Crippen molar-refractivity contribution in [2.24, 2.45) is 5.41 Å². The van der Waals surface area contributed by atoms with E-state index in [0.717, 1.165) is 36.3 Å². The highest BCUT2D eigenvalue weighted by Gasteiger charge is 2.12. The first-order valence-corrected chi connectivity index (χ1v) is 6.96. The molecule has 2 N–H and O–H groups in total. The molecule has 0 unspecified atom stereocenters. The minimum atomic E-state index is 0.0183. The van der Waals surface area contributed by atoms with Gasteiger partial charge in [-0.25, -0.2) is 0 Å². The van der Waals surface area contributed by atoms with E-state index in [1.165, 1.54) is 0 Å². The van der Waals surface area contributed by atoms with E-state index in [0.29, 0.717) is 0 Å². The summed E-state index contributed by atoms with van der Waals surface area (Å²) in [6.45, 7) is 12.2. The largest absolute Gasteiger partial charge is 0.385 e. The Kier molecular flexibility index (Phi) is 5.40. The van der Waals surface area contributed by atoms with Crippen LogP contribution in [-0.4, -0.2) is 19.0 Å². The zero-order chi connectivity index (χ0) is 14.5. The number of aryl methyl sites for hydroxylation is 1. The molecule has 0 radical (unpaired) electrons. The van der Waals surface area contributed by atoms with Crippen LogP contribution in [0.2, 0.25) is 0 Å². The number of carbonyl (C=O) groups is 1. The summed E-state index contributed by atoms with van der Waals surface area (Å²) in [5, 5.41) is 6.23. The highest BCUT2D eigenvalue weighted by atomic mass is 16.1. The number of nitrogens with one attached hydrogen (secondary N) is 2. The van der Waals surface area contributed by atoms with E-state index < -0.39 is 0 Å². The molecular formula is C16H26N2O. The van der Waals surface area contributed by atoms with Crippen molar-refractivity contribution in [3.05, 3.63) is 29.3 Å². The topological polar surface area (TPSA) is 41.1 Å². The normalized spacial score (nSPS) is 11.2. The van der Waals surface area contributed by atoms with Crippen LogP contribution in [0.1, 0.15) is 50.0 Å². The maximum Gasteiger partial charge on any atom is 0.251 e. The zero-order valence-electron chi connectivity index (χ0n) is 12.8. The fraction of sp³-hybridized carbons (Fsp3) is 0.562. The predicted molar refractivity (Wildman–Crippen MR) is 81.7 cm³/mol. The molecular weight excluding hydrogens is 236 g/mol. The van der Waals surface area contributed by atoms with Crippen molar-refractivity contribution in [1.29, 1.82) is 0 Å². The lowest BCUT2D eigenvalue weighted by Crippen LogP contribution is -2.27. The molecule has 1 amide bonds. The standard InChI is InChI=1S/C16H26N2O/c1-6-17-13-7-8-14(12(2)11-13)15(19)18-10-9-16(3,4)5/h7-8,11,17H,6,9-10H2,1-5H3,(H,18,19). The second-order valence-corrected chi connectivity index (χ2v) is 6.13. The SMILES string of the molecule is CCNc1ccc(C(=O)NCCC(C)(C)C)c(C)c1. The number of amides is 1. The summed E-state index contributed by atoms with van der Waals surface area (Å²) >= 11 is 0. The molecule has 0 spiro atoms. The second-order valence-electron chi connectivity index (χ2n) is 6.13. The molecule has 0 aromatic heterocycles. The summed E-state index contributed by atoms with van der Waals surface area (Å²) in [6, 6.07) is 5.86. The third-order valence-corrected chi connectivity index (χ3v) is 3.01. The van der Waals surface area contributed by atoms with Crippen LogP contribution in [0.15, 0.2) is 18.2 Å². The molecule has 0 heterocycles. The smallest absolute Gasteiger partial charge is 0.251 e. The van der Waals surface area contributed by atoms with Gasteiger partial charge in [0.15, 0.2) is 0 Å². The van der Waals surface area contributed by atoms with Crippen molar-refractivity contribution in [1.82, 2.24) is 5.32 Å². The van der Waals surface area contributed by atoms with E-state index in [4.69, 9.17) is 0 Å². The third-order valence-electron chi connectivity index (χ3n) is 3.01. The van der Waals surface area contributed by atoms with Crippen molar-refractivity contribution in [3.8, 4) is 0 Å². The van der Waals surface area contributed by atoms with E-state index in [-0.39, 0.29) is 11.3 Å². The van der Waals surface area contributed by atoms with Crippen molar-refractivity contribution >= 4 is 11.6 Å². The lowest BCUT2D eigenvalue weighted by atomic mass is 9.92. The fourth-order valence-corrected chi connectivity index (χ4v) is 1.88. The molecule has 0 aliphatic rings. The summed E-state index contributed by atoms with van der Waals surface area (Å²) in [5.74, 6) is 0.0183. The molecule has 0 atom stereocenters. The summed E-state index contributed by atoms with van der Waals surface area (Å²) in [6.07, 6.45) is 0.979. The maximum absolute atomic E-state index is 12.1. The number of anilines is 1. The van der Waals surface area contributed by atoms with Gasteiger partial charge >= 0.3 is 0 Å². The van der Waals surface area contributed by atoms with Crippen LogP contribution in [0.25, 0.3) is 0 Å². The van der Waals surface area contributed by atoms with E-state index in [2.05, 4.69) is 38.3 Å². The fourth-order valence-electron chi connectivity index (χ4n) is 1.88. The predicted octanol–water partition coefficient (Wildman–Crippen LogP) is 3.59. The van der Waals surface area contributed by atoms with Gasteiger partial charge in [0.25, 0.3) is 5.91 Å². The summed E-state index contributed by atoms with van der Waals surface area (Å²) in [5.41, 5.74) is 3.07. The molecule has 19 heavy (non-hydrogen) atoms. The van der Waals surface area contributed by atoms with Crippen LogP contribution in [-0.2, 0) is 0 Å². The third kappa shape index (κ3) is 5.33. The quantitative estimate of drug-likeness (QED) is 0.851. The minimum Gasteiger partial charge on any atom is -0.385 e. The Morgan fingerprint density at radius 3 is 2.47 bits per heavy atom. The van der Waals surface area contributed by atoms with Crippen molar-refractivity contribution in [2.75, 3.05) is 18.4 Å². The number of rotatable bonds is 5. The van der Waals surface area contributed by atoms with E-state index in [1.807, 2.05) is 25.1 Å². The van der Waals surface area contributed by atoms with Gasteiger partial charge < -0.3 is 10.6 Å². The van der Waals surface area contributed by atoms with Crippen LogP contribution < -0.4 is 10.6 Å². The van der Waals surface area contributed by atoms with Gasteiger partial charge in [0, 0.05) is 24.3 Å². The summed E-state index contributed by atoms with van der Waals surface area (Å²) in [4.78, 5) is 12.1. The van der Waals surface area contributed by atoms with Gasteiger partial charge in [-0.2, -0.15) is 0 Å². The average Bonchev–Trinajstić information content (AvgIpc) is 2.27. The Balaban J connectivity index is 2.62. The molecule has 106 valence electrons. The van der Waals surface area contributed by atoms with Crippen LogP contribution in [0.5, 0.6) is 0 Å². The monoisotopic (exact) mass is 262 g/mol. The lowest BCUT2D eigenvalue weighted by molar-refractivity contribution is 0.0949. The van der Waals surface area contributed by atoms with Gasteiger partial charge in [-0.3, -0.25) is 4.79 Å². The van der Waals surface area contributed by atoms with Gasteiger partial charge in [-0.1, -0.05) is 20.8 Å². The molecule has 0 aliphatic carbocycles. The molecule has 0 saturated heterocycles. The molecule has 1 rings (SSSR count). The van der Waals surface area contributed by atoms with Gasteiger partial charge in [0.05, 0.1) is 0 Å².